The summed E-state index contributed by atoms with van der Waals surface area (Å²) in [7, 11) is 0. The van der Waals surface area contributed by atoms with Gasteiger partial charge in [0, 0.05) is 24.4 Å². The van der Waals surface area contributed by atoms with E-state index in [-0.39, 0.29) is 17.9 Å². The standard InChI is InChI=1S/C14H18N4O/c1-10-5-3-4-6-13(10)11(2)18-9-12(7-14(18)19)8-16-17-15/h3-6,11-12H,7-9H2,1-2H3. The zero-order chi connectivity index (χ0) is 13.8. The minimum atomic E-state index is 0.0739. The van der Waals surface area contributed by atoms with E-state index < -0.39 is 0 Å². The van der Waals surface area contributed by atoms with Crippen LogP contribution in [-0.2, 0) is 4.79 Å². The van der Waals surface area contributed by atoms with Crippen LogP contribution in [0.4, 0.5) is 0 Å². The van der Waals surface area contributed by atoms with Crippen LogP contribution >= 0.6 is 0 Å². The highest BCUT2D eigenvalue weighted by Crippen LogP contribution is 2.30. The van der Waals surface area contributed by atoms with Gasteiger partial charge in [0.25, 0.3) is 0 Å². The molecule has 1 aliphatic heterocycles. The van der Waals surface area contributed by atoms with E-state index in [1.165, 1.54) is 11.1 Å². The molecular formula is C14H18N4O. The van der Waals surface area contributed by atoms with Crippen molar-refractivity contribution in [3.63, 3.8) is 0 Å². The molecule has 0 bridgehead atoms. The Balaban J connectivity index is 2.12. The summed E-state index contributed by atoms with van der Waals surface area (Å²) in [6, 6.07) is 8.20. The highest BCUT2D eigenvalue weighted by molar-refractivity contribution is 5.79. The number of azide groups is 1. The van der Waals surface area contributed by atoms with Gasteiger partial charge >= 0.3 is 0 Å². The summed E-state index contributed by atoms with van der Waals surface area (Å²) < 4.78 is 0. The molecule has 2 unspecified atom stereocenters. The van der Waals surface area contributed by atoms with Crippen molar-refractivity contribution in [2.75, 3.05) is 13.1 Å². The first-order valence-corrected chi connectivity index (χ1v) is 6.49. The molecule has 1 amide bonds. The average molecular weight is 258 g/mol. The number of nitrogens with zero attached hydrogens (tertiary/aromatic N) is 4. The molecule has 1 fully saturated rings. The van der Waals surface area contributed by atoms with Gasteiger partial charge in [-0.15, -0.1) is 0 Å². The maximum absolute atomic E-state index is 12.1. The summed E-state index contributed by atoms with van der Waals surface area (Å²) in [5.74, 6) is 0.295. The maximum atomic E-state index is 12.1. The molecular weight excluding hydrogens is 240 g/mol. The maximum Gasteiger partial charge on any atom is 0.223 e. The van der Waals surface area contributed by atoms with Crippen LogP contribution in [0, 0.1) is 12.8 Å². The molecule has 5 heteroatoms. The van der Waals surface area contributed by atoms with Crippen LogP contribution < -0.4 is 0 Å². The molecule has 0 spiro atoms. The third kappa shape index (κ3) is 2.88. The Morgan fingerprint density at radius 3 is 2.95 bits per heavy atom. The van der Waals surface area contributed by atoms with Crippen molar-refractivity contribution in [1.82, 2.24) is 4.90 Å². The Kier molecular flexibility index (Phi) is 4.07. The first kappa shape index (κ1) is 13.4. The van der Waals surface area contributed by atoms with E-state index in [1.54, 1.807) is 0 Å². The lowest BCUT2D eigenvalue weighted by Gasteiger charge is -2.26. The summed E-state index contributed by atoms with van der Waals surface area (Å²) in [5, 5.41) is 3.57. The number of hydrogen-bond acceptors (Lipinski definition) is 2. The normalized spacial score (nSPS) is 20.2. The summed E-state index contributed by atoms with van der Waals surface area (Å²) in [4.78, 5) is 16.7. The summed E-state index contributed by atoms with van der Waals surface area (Å²) >= 11 is 0. The van der Waals surface area contributed by atoms with Gasteiger partial charge in [0.2, 0.25) is 5.91 Å². The minimum Gasteiger partial charge on any atom is -0.336 e. The summed E-state index contributed by atoms with van der Waals surface area (Å²) in [5.41, 5.74) is 10.7. The third-order valence-corrected chi connectivity index (χ3v) is 3.75. The van der Waals surface area contributed by atoms with Crippen molar-refractivity contribution >= 4 is 5.91 Å². The zero-order valence-electron chi connectivity index (χ0n) is 11.3. The fraction of sp³-hybridized carbons (Fsp3) is 0.500. The van der Waals surface area contributed by atoms with Gasteiger partial charge in [-0.05, 0) is 36.4 Å². The van der Waals surface area contributed by atoms with Crippen LogP contribution in [0.5, 0.6) is 0 Å². The lowest BCUT2D eigenvalue weighted by atomic mass is 10.0. The van der Waals surface area contributed by atoms with Gasteiger partial charge in [0.05, 0.1) is 6.04 Å². The number of likely N-dealkylation sites (tertiary alicyclic amines) is 1. The highest BCUT2D eigenvalue weighted by Gasteiger charge is 2.32. The molecule has 5 nitrogen and oxygen atoms in total. The van der Waals surface area contributed by atoms with Gasteiger partial charge in [0.1, 0.15) is 0 Å². The molecule has 0 aromatic heterocycles. The Bertz CT molecular complexity index is 522. The molecule has 2 rings (SSSR count). The number of amides is 1. The monoisotopic (exact) mass is 258 g/mol. The van der Waals surface area contributed by atoms with E-state index in [2.05, 4.69) is 36.0 Å². The number of hydrogen-bond donors (Lipinski definition) is 0. The van der Waals surface area contributed by atoms with Gasteiger partial charge in [-0.1, -0.05) is 29.4 Å². The molecule has 1 aromatic carbocycles. The predicted molar refractivity (Wildman–Crippen MR) is 73.4 cm³/mol. The summed E-state index contributed by atoms with van der Waals surface area (Å²) in [6.45, 7) is 5.19. The Morgan fingerprint density at radius 2 is 2.26 bits per heavy atom. The largest absolute Gasteiger partial charge is 0.336 e. The zero-order valence-corrected chi connectivity index (χ0v) is 11.3. The molecule has 1 aromatic rings. The van der Waals surface area contributed by atoms with Crippen molar-refractivity contribution in [2.24, 2.45) is 11.0 Å². The number of aryl methyl sites for hydroxylation is 1. The van der Waals surface area contributed by atoms with E-state index in [0.717, 1.165) is 0 Å². The van der Waals surface area contributed by atoms with Crippen molar-refractivity contribution in [1.29, 1.82) is 0 Å². The molecule has 100 valence electrons. The van der Waals surface area contributed by atoms with E-state index in [9.17, 15) is 4.79 Å². The van der Waals surface area contributed by atoms with Gasteiger partial charge in [0.15, 0.2) is 0 Å². The second-order valence-corrected chi connectivity index (χ2v) is 5.06. The SMILES string of the molecule is Cc1ccccc1C(C)N1CC(CN=[N+]=[N-])CC1=O. The smallest absolute Gasteiger partial charge is 0.223 e. The Labute approximate surface area is 112 Å². The topological polar surface area (TPSA) is 69.1 Å². The fourth-order valence-electron chi connectivity index (χ4n) is 2.68. The van der Waals surface area contributed by atoms with Crippen LogP contribution in [0.2, 0.25) is 0 Å². The van der Waals surface area contributed by atoms with Crippen LogP contribution in [0.1, 0.15) is 30.5 Å². The first-order valence-electron chi connectivity index (χ1n) is 6.49. The van der Waals surface area contributed by atoms with Crippen LogP contribution in [0.15, 0.2) is 29.4 Å². The van der Waals surface area contributed by atoms with Crippen molar-refractivity contribution in [2.45, 2.75) is 26.3 Å². The molecule has 0 saturated carbocycles. The number of benzene rings is 1. The fourth-order valence-corrected chi connectivity index (χ4v) is 2.68. The van der Waals surface area contributed by atoms with E-state index in [4.69, 9.17) is 5.53 Å². The lowest BCUT2D eigenvalue weighted by Crippen LogP contribution is -2.29. The first-order chi connectivity index (χ1) is 9.13. The summed E-state index contributed by atoms with van der Waals surface area (Å²) in [6.07, 6.45) is 0.481. The third-order valence-electron chi connectivity index (χ3n) is 3.75. The number of rotatable bonds is 4. The van der Waals surface area contributed by atoms with Crippen molar-refractivity contribution in [3.8, 4) is 0 Å². The molecule has 2 atom stereocenters. The second kappa shape index (κ2) is 5.76. The molecule has 0 aliphatic carbocycles. The number of carbonyl (C=O) groups excluding carboxylic acids is 1. The minimum absolute atomic E-state index is 0.0739. The molecule has 1 saturated heterocycles. The van der Waals surface area contributed by atoms with Crippen LogP contribution in [-0.4, -0.2) is 23.9 Å². The molecule has 1 aliphatic rings. The lowest BCUT2D eigenvalue weighted by molar-refractivity contribution is -0.129. The quantitative estimate of drug-likeness (QED) is 0.464. The van der Waals surface area contributed by atoms with E-state index in [1.807, 2.05) is 17.0 Å². The Morgan fingerprint density at radius 1 is 1.53 bits per heavy atom. The molecule has 19 heavy (non-hydrogen) atoms. The van der Waals surface area contributed by atoms with Crippen molar-refractivity contribution < 1.29 is 4.79 Å². The van der Waals surface area contributed by atoms with Gasteiger partial charge in [-0.2, -0.15) is 0 Å². The second-order valence-electron chi connectivity index (χ2n) is 5.06. The van der Waals surface area contributed by atoms with E-state index in [0.29, 0.717) is 19.5 Å². The highest BCUT2D eigenvalue weighted by atomic mass is 16.2. The van der Waals surface area contributed by atoms with Gasteiger partial charge in [-0.3, -0.25) is 4.79 Å². The van der Waals surface area contributed by atoms with Crippen LogP contribution in [0.25, 0.3) is 10.4 Å². The average Bonchev–Trinajstić information content (AvgIpc) is 2.77. The molecule has 0 N–H and O–H groups in total. The van der Waals surface area contributed by atoms with Gasteiger partial charge in [-0.25, -0.2) is 0 Å². The Hall–Kier alpha value is -2.00. The molecule has 1 heterocycles. The predicted octanol–water partition coefficient (Wildman–Crippen LogP) is 3.21. The van der Waals surface area contributed by atoms with Gasteiger partial charge < -0.3 is 4.90 Å². The number of carbonyl (C=O) groups is 1. The van der Waals surface area contributed by atoms with Crippen LogP contribution in [0.3, 0.4) is 0 Å². The molecule has 0 radical (unpaired) electrons. The van der Waals surface area contributed by atoms with E-state index >= 15 is 0 Å². The van der Waals surface area contributed by atoms with Crippen molar-refractivity contribution in [3.05, 3.63) is 45.8 Å².